The van der Waals surface area contributed by atoms with Gasteiger partial charge in [-0.1, -0.05) is 239 Å². The van der Waals surface area contributed by atoms with Crippen LogP contribution in [0.3, 0.4) is 0 Å². The van der Waals surface area contributed by atoms with Gasteiger partial charge in [0.05, 0.1) is 6.61 Å². The minimum Gasteiger partial charge on any atom is -0.462 e. The van der Waals surface area contributed by atoms with Gasteiger partial charge in [-0.15, -0.1) is 0 Å². The Balaban J connectivity index is 2.35. The monoisotopic (exact) mass is 965 g/mol. The standard InChI is InChI=1S/C52H101O13P/c1-3-5-7-9-11-13-15-17-19-21-22-23-25-27-29-31-33-35-37-39-41-46(54)64-44(43-63-66(60,61)65-52-50(58)48(56)47(55)49(57)51(52)59)42-62-45(53)40-38-36-34-32-30-28-26-24-20-18-16-14-12-10-8-6-4-2/h44,47-52,55-59H,3-43H2,1-2H3,(H,60,61). The van der Waals surface area contributed by atoms with E-state index in [1.54, 1.807) is 0 Å². The molecule has 1 aliphatic carbocycles. The molecule has 0 radical (unpaired) electrons. The zero-order valence-electron chi connectivity index (χ0n) is 42.0. The highest BCUT2D eigenvalue weighted by molar-refractivity contribution is 7.47. The van der Waals surface area contributed by atoms with Crippen molar-refractivity contribution in [2.75, 3.05) is 13.2 Å². The van der Waals surface area contributed by atoms with Crippen molar-refractivity contribution in [3.8, 4) is 0 Å². The quantitative estimate of drug-likeness (QED) is 0.0191. The average molecular weight is 965 g/mol. The fraction of sp³-hybridized carbons (Fsp3) is 0.962. The van der Waals surface area contributed by atoms with Crippen molar-refractivity contribution in [1.29, 1.82) is 0 Å². The molecule has 392 valence electrons. The van der Waals surface area contributed by atoms with Crippen LogP contribution in [0.5, 0.6) is 0 Å². The predicted molar refractivity (Wildman–Crippen MR) is 263 cm³/mol. The molecule has 1 saturated carbocycles. The minimum atomic E-state index is -5.12. The smallest absolute Gasteiger partial charge is 0.462 e. The van der Waals surface area contributed by atoms with E-state index in [2.05, 4.69) is 13.8 Å². The number of carbonyl (C=O) groups is 2. The van der Waals surface area contributed by atoms with Gasteiger partial charge in [-0.2, -0.15) is 0 Å². The number of aliphatic hydroxyl groups excluding tert-OH is 5. The van der Waals surface area contributed by atoms with Crippen LogP contribution in [0.1, 0.15) is 264 Å². The van der Waals surface area contributed by atoms with Gasteiger partial charge in [-0.3, -0.25) is 18.6 Å². The molecule has 6 unspecified atom stereocenters. The number of hydrogen-bond donors (Lipinski definition) is 6. The van der Waals surface area contributed by atoms with Crippen LogP contribution in [0.2, 0.25) is 0 Å². The minimum absolute atomic E-state index is 0.106. The number of rotatable bonds is 47. The van der Waals surface area contributed by atoms with Gasteiger partial charge in [0, 0.05) is 12.8 Å². The highest BCUT2D eigenvalue weighted by Gasteiger charge is 2.51. The van der Waals surface area contributed by atoms with Gasteiger partial charge in [-0.25, -0.2) is 4.57 Å². The van der Waals surface area contributed by atoms with E-state index in [9.17, 15) is 44.6 Å². The molecule has 0 amide bonds. The molecule has 13 nitrogen and oxygen atoms in total. The van der Waals surface area contributed by atoms with E-state index in [-0.39, 0.29) is 12.8 Å². The summed E-state index contributed by atoms with van der Waals surface area (Å²) in [6, 6.07) is 0. The number of aliphatic hydroxyl groups is 5. The van der Waals surface area contributed by atoms with Gasteiger partial charge in [0.15, 0.2) is 6.10 Å². The largest absolute Gasteiger partial charge is 0.472 e. The van der Waals surface area contributed by atoms with Crippen LogP contribution in [-0.4, -0.2) is 98.3 Å². The lowest BCUT2D eigenvalue weighted by Gasteiger charge is -2.41. The first-order valence-corrected chi connectivity index (χ1v) is 28.8. The molecule has 6 atom stereocenters. The summed E-state index contributed by atoms with van der Waals surface area (Å²) < 4.78 is 33.7. The fourth-order valence-corrected chi connectivity index (χ4v) is 9.79. The maximum atomic E-state index is 12.9. The normalized spacial score (nSPS) is 21.2. The second-order valence-corrected chi connectivity index (χ2v) is 20.9. The van der Waals surface area contributed by atoms with Gasteiger partial charge in [0.25, 0.3) is 0 Å². The van der Waals surface area contributed by atoms with Crippen LogP contribution in [0.4, 0.5) is 0 Å². The summed E-state index contributed by atoms with van der Waals surface area (Å²) in [6.07, 6.45) is 32.9. The second kappa shape index (κ2) is 42.7. The summed E-state index contributed by atoms with van der Waals surface area (Å²) in [5, 5.41) is 50.3. The van der Waals surface area contributed by atoms with Crippen molar-refractivity contribution < 1.29 is 63.1 Å². The highest BCUT2D eigenvalue weighted by atomic mass is 31.2. The SMILES string of the molecule is CCCCCCCCCCCCCCCCCCCCCCC(=O)OC(COC(=O)CCCCCCCCCCCCCCCCCCC)COP(=O)(O)OC1C(O)C(O)C(O)C(O)C1O. The molecule has 6 N–H and O–H groups in total. The molecule has 0 bridgehead atoms. The van der Waals surface area contributed by atoms with Crippen LogP contribution in [-0.2, 0) is 32.7 Å². The van der Waals surface area contributed by atoms with E-state index in [1.807, 2.05) is 0 Å². The lowest BCUT2D eigenvalue weighted by Crippen LogP contribution is -2.64. The van der Waals surface area contributed by atoms with Crippen molar-refractivity contribution in [3.05, 3.63) is 0 Å². The van der Waals surface area contributed by atoms with Gasteiger partial charge in [0.2, 0.25) is 0 Å². The first kappa shape index (κ1) is 62.9. The average Bonchev–Trinajstić information content (AvgIpc) is 3.30. The molecule has 1 aliphatic rings. The van der Waals surface area contributed by atoms with Crippen molar-refractivity contribution in [2.45, 2.75) is 307 Å². The Kier molecular flexibility index (Phi) is 40.7. The molecule has 1 rings (SSSR count). The summed E-state index contributed by atoms with van der Waals surface area (Å²) in [5.74, 6) is -1.08. The van der Waals surface area contributed by atoms with E-state index >= 15 is 0 Å². The Hall–Kier alpha value is -1.15. The number of hydrogen-bond acceptors (Lipinski definition) is 12. The number of ether oxygens (including phenoxy) is 2. The van der Waals surface area contributed by atoms with Crippen molar-refractivity contribution in [2.24, 2.45) is 0 Å². The maximum absolute atomic E-state index is 12.9. The van der Waals surface area contributed by atoms with Crippen LogP contribution in [0.25, 0.3) is 0 Å². The van der Waals surface area contributed by atoms with E-state index in [0.29, 0.717) is 12.8 Å². The maximum Gasteiger partial charge on any atom is 0.472 e. The molecule has 0 aromatic rings. The van der Waals surface area contributed by atoms with Crippen LogP contribution < -0.4 is 0 Å². The van der Waals surface area contributed by atoms with E-state index < -0.39 is 75.7 Å². The molecular weight excluding hydrogens is 864 g/mol. The number of esters is 2. The molecule has 14 heteroatoms. The Bertz CT molecular complexity index is 1160. The van der Waals surface area contributed by atoms with Gasteiger partial charge in [-0.05, 0) is 12.8 Å². The number of phosphoric acid groups is 1. The molecule has 0 heterocycles. The molecular formula is C52H101O13P. The van der Waals surface area contributed by atoms with Crippen LogP contribution >= 0.6 is 7.82 Å². The zero-order chi connectivity index (χ0) is 48.5. The fourth-order valence-electron chi connectivity index (χ4n) is 8.82. The third-order valence-electron chi connectivity index (χ3n) is 13.2. The molecule has 0 aliphatic heterocycles. The number of phosphoric ester groups is 1. The molecule has 0 spiro atoms. The Morgan fingerprint density at radius 1 is 0.409 bits per heavy atom. The third kappa shape index (κ3) is 34.2. The summed E-state index contributed by atoms with van der Waals surface area (Å²) in [5.41, 5.74) is 0. The summed E-state index contributed by atoms with van der Waals surface area (Å²) in [6.45, 7) is 3.36. The third-order valence-corrected chi connectivity index (χ3v) is 14.2. The van der Waals surface area contributed by atoms with E-state index in [4.69, 9.17) is 18.5 Å². The molecule has 0 aromatic carbocycles. The summed E-state index contributed by atoms with van der Waals surface area (Å²) in [7, 11) is -5.12. The zero-order valence-corrected chi connectivity index (χ0v) is 42.9. The lowest BCUT2D eigenvalue weighted by molar-refractivity contribution is -0.220. The Morgan fingerprint density at radius 2 is 0.682 bits per heavy atom. The van der Waals surface area contributed by atoms with Crippen molar-refractivity contribution in [3.63, 3.8) is 0 Å². The van der Waals surface area contributed by atoms with E-state index in [0.717, 1.165) is 38.5 Å². The van der Waals surface area contributed by atoms with Gasteiger partial charge < -0.3 is 39.9 Å². The number of carbonyl (C=O) groups excluding carboxylic acids is 2. The molecule has 0 saturated heterocycles. The summed E-state index contributed by atoms with van der Waals surface area (Å²) in [4.78, 5) is 35.9. The van der Waals surface area contributed by atoms with Gasteiger partial charge >= 0.3 is 19.8 Å². The Morgan fingerprint density at radius 3 is 1.00 bits per heavy atom. The first-order chi connectivity index (χ1) is 31.9. The molecule has 1 fully saturated rings. The molecule has 66 heavy (non-hydrogen) atoms. The predicted octanol–water partition coefficient (Wildman–Crippen LogP) is 12.0. The second-order valence-electron chi connectivity index (χ2n) is 19.5. The van der Waals surface area contributed by atoms with E-state index in [1.165, 1.54) is 186 Å². The lowest BCUT2D eigenvalue weighted by atomic mass is 9.85. The molecule has 0 aromatic heterocycles. The van der Waals surface area contributed by atoms with Crippen molar-refractivity contribution in [1.82, 2.24) is 0 Å². The van der Waals surface area contributed by atoms with Crippen LogP contribution in [0, 0.1) is 0 Å². The van der Waals surface area contributed by atoms with Crippen LogP contribution in [0.15, 0.2) is 0 Å². The highest BCUT2D eigenvalue weighted by Crippen LogP contribution is 2.47. The summed E-state index contributed by atoms with van der Waals surface area (Å²) >= 11 is 0. The topological polar surface area (TPSA) is 210 Å². The first-order valence-electron chi connectivity index (χ1n) is 27.3. The number of unbranched alkanes of at least 4 members (excludes halogenated alkanes) is 35. The Labute approximate surface area is 401 Å². The van der Waals surface area contributed by atoms with Gasteiger partial charge in [0.1, 0.15) is 43.2 Å². The van der Waals surface area contributed by atoms with Crippen molar-refractivity contribution >= 4 is 19.8 Å².